The van der Waals surface area contributed by atoms with Crippen LogP contribution in [0.4, 0.5) is 0 Å². The molecule has 0 saturated carbocycles. The Morgan fingerprint density at radius 1 is 1.71 bits per heavy atom. The number of carboxylic acids is 1. The van der Waals surface area contributed by atoms with Crippen molar-refractivity contribution < 1.29 is 15.4 Å². The van der Waals surface area contributed by atoms with Crippen LogP contribution in [0, 0.1) is 0 Å². The summed E-state index contributed by atoms with van der Waals surface area (Å²) in [4.78, 5) is 9.26. The van der Waals surface area contributed by atoms with Gasteiger partial charge < -0.3 is 15.4 Å². The van der Waals surface area contributed by atoms with Crippen molar-refractivity contribution in [2.24, 2.45) is 0 Å². The fourth-order valence-corrected chi connectivity index (χ4v) is 0. The quantitative estimate of drug-likeness (QED) is 0.409. The Labute approximate surface area is 72.0 Å². The molecule has 3 nitrogen and oxygen atoms in total. The van der Waals surface area contributed by atoms with Gasteiger partial charge in [0.15, 0.2) is 0 Å². The summed E-state index contributed by atoms with van der Waals surface area (Å²) in [6, 6.07) is 0. The molecule has 38 valence electrons. The van der Waals surface area contributed by atoms with Gasteiger partial charge in [-0.05, 0) is 6.42 Å². The zero-order valence-electron chi connectivity index (χ0n) is 4.18. The van der Waals surface area contributed by atoms with E-state index in [1.165, 1.54) is 6.92 Å². The van der Waals surface area contributed by atoms with Crippen LogP contribution in [0.15, 0.2) is 0 Å². The molecule has 0 aromatic carbocycles. The summed E-state index contributed by atoms with van der Waals surface area (Å²) in [7, 11) is 0. The van der Waals surface area contributed by atoms with Gasteiger partial charge in [0.05, 0.1) is 0 Å². The van der Waals surface area contributed by atoms with Gasteiger partial charge in [-0.15, -0.1) is 0 Å². The minimum Gasteiger partial charge on any atom is -0.870 e. The molecule has 0 fully saturated rings. The Hall–Kier alpha value is 0.690. The first kappa shape index (κ1) is 15.6. The first-order chi connectivity index (χ1) is 2.27. The van der Waals surface area contributed by atoms with Gasteiger partial charge in [0, 0.05) is 5.97 Å². The van der Waals surface area contributed by atoms with E-state index >= 15 is 0 Å². The molecule has 0 aliphatic rings. The monoisotopic (exact) mass is 130 g/mol. The number of hydrogen-bond acceptors (Lipinski definition) is 3. The molecular weight excluding hydrogens is 124 g/mol. The van der Waals surface area contributed by atoms with Crippen molar-refractivity contribution in [1.29, 1.82) is 0 Å². The Balaban J connectivity index is -0.0000000800. The van der Waals surface area contributed by atoms with E-state index in [-0.39, 0.29) is 49.6 Å². The second kappa shape index (κ2) is 9.85. The maximum absolute atomic E-state index is 9.26. The van der Waals surface area contributed by atoms with Crippen molar-refractivity contribution in [3.63, 3.8) is 0 Å². The molecule has 0 bridgehead atoms. The standard InChI is InChI=1S/C3H6O2.Ca.H2O/c1-2-3(4)5;;/h2H2,1H3,(H,4,5);;1H2/q;+2;/p-2. The van der Waals surface area contributed by atoms with Crippen LogP contribution in [0.5, 0.6) is 0 Å². The third kappa shape index (κ3) is 20.3. The maximum Gasteiger partial charge on any atom is 2.00 e. The van der Waals surface area contributed by atoms with Crippen molar-refractivity contribution >= 4 is 43.7 Å². The maximum atomic E-state index is 9.26. The molecule has 0 radical (unpaired) electrons. The molecule has 0 aromatic rings. The van der Waals surface area contributed by atoms with Gasteiger partial charge in [0.2, 0.25) is 0 Å². The average molecular weight is 130 g/mol. The Morgan fingerprint density at radius 3 is 1.86 bits per heavy atom. The van der Waals surface area contributed by atoms with Crippen LogP contribution in [0.1, 0.15) is 13.3 Å². The van der Waals surface area contributed by atoms with Gasteiger partial charge in [-0.1, -0.05) is 6.92 Å². The molecule has 1 N–H and O–H groups in total. The second-order valence-corrected chi connectivity index (χ2v) is 0.726. The zero-order valence-corrected chi connectivity index (χ0v) is 6.39. The van der Waals surface area contributed by atoms with Crippen molar-refractivity contribution in [3.05, 3.63) is 0 Å². The molecule has 0 atom stereocenters. The second-order valence-electron chi connectivity index (χ2n) is 0.726. The molecule has 0 saturated heterocycles. The van der Waals surface area contributed by atoms with E-state index in [1.807, 2.05) is 0 Å². The molecule has 0 heterocycles. The van der Waals surface area contributed by atoms with E-state index in [0.29, 0.717) is 0 Å². The molecule has 4 heteroatoms. The Morgan fingerprint density at radius 2 is 1.86 bits per heavy atom. The average Bonchev–Trinajstić information content (AvgIpc) is 1.38. The van der Waals surface area contributed by atoms with E-state index in [2.05, 4.69) is 0 Å². The number of carboxylic acid groups (broad SMARTS) is 1. The van der Waals surface area contributed by atoms with Gasteiger partial charge in [-0.25, -0.2) is 0 Å². The molecule has 0 spiro atoms. The van der Waals surface area contributed by atoms with Gasteiger partial charge in [0.25, 0.3) is 0 Å². The summed E-state index contributed by atoms with van der Waals surface area (Å²) in [5.74, 6) is -0.995. The number of carbonyl (C=O) groups is 1. The predicted octanol–water partition coefficient (Wildman–Crippen LogP) is -1.41. The van der Waals surface area contributed by atoms with Gasteiger partial charge in [0.1, 0.15) is 0 Å². The summed E-state index contributed by atoms with van der Waals surface area (Å²) < 4.78 is 0. The third-order valence-electron chi connectivity index (χ3n) is 0.289. The summed E-state index contributed by atoms with van der Waals surface area (Å²) in [6.45, 7) is 1.54. The number of hydrogen-bond donors (Lipinski definition) is 0. The van der Waals surface area contributed by atoms with Gasteiger partial charge in [-0.2, -0.15) is 0 Å². The summed E-state index contributed by atoms with van der Waals surface area (Å²) in [5.41, 5.74) is 0. The fourth-order valence-electron chi connectivity index (χ4n) is 0. The SMILES string of the molecule is CCC(=O)[O-].[Ca+2].[OH-]. The minimum absolute atomic E-state index is 0. The topological polar surface area (TPSA) is 70.1 Å². The Kier molecular flexibility index (Phi) is 22.0. The van der Waals surface area contributed by atoms with E-state index in [9.17, 15) is 9.90 Å². The van der Waals surface area contributed by atoms with Gasteiger partial charge in [-0.3, -0.25) is 0 Å². The number of rotatable bonds is 1. The van der Waals surface area contributed by atoms with Crippen LogP contribution in [0.3, 0.4) is 0 Å². The molecule has 0 aliphatic carbocycles. The van der Waals surface area contributed by atoms with Crippen molar-refractivity contribution in [2.75, 3.05) is 0 Å². The van der Waals surface area contributed by atoms with Crippen molar-refractivity contribution in [1.82, 2.24) is 0 Å². The summed E-state index contributed by atoms with van der Waals surface area (Å²) in [5, 5.41) is 9.26. The van der Waals surface area contributed by atoms with Crippen LogP contribution in [-0.4, -0.2) is 49.2 Å². The van der Waals surface area contributed by atoms with Crippen LogP contribution in [0.2, 0.25) is 0 Å². The van der Waals surface area contributed by atoms with Crippen LogP contribution in [-0.2, 0) is 4.79 Å². The zero-order chi connectivity index (χ0) is 4.28. The first-order valence-corrected chi connectivity index (χ1v) is 1.47. The van der Waals surface area contributed by atoms with E-state index in [4.69, 9.17) is 0 Å². The predicted molar refractivity (Wildman–Crippen MR) is 23.0 cm³/mol. The molecular formula is C3H6CaO3. The van der Waals surface area contributed by atoms with Crippen molar-refractivity contribution in [2.45, 2.75) is 13.3 Å². The van der Waals surface area contributed by atoms with E-state index < -0.39 is 5.97 Å². The normalized spacial score (nSPS) is 5.29. The van der Waals surface area contributed by atoms with Crippen molar-refractivity contribution in [3.8, 4) is 0 Å². The summed E-state index contributed by atoms with van der Waals surface area (Å²) in [6.07, 6.45) is 0.111. The minimum atomic E-state index is -0.995. The van der Waals surface area contributed by atoms with Crippen LogP contribution < -0.4 is 5.11 Å². The van der Waals surface area contributed by atoms with E-state index in [1.54, 1.807) is 0 Å². The third-order valence-corrected chi connectivity index (χ3v) is 0.289. The van der Waals surface area contributed by atoms with Crippen LogP contribution >= 0.6 is 0 Å². The summed E-state index contributed by atoms with van der Waals surface area (Å²) >= 11 is 0. The van der Waals surface area contributed by atoms with Crippen LogP contribution in [0.25, 0.3) is 0 Å². The molecule has 0 aliphatic heterocycles. The molecule has 7 heavy (non-hydrogen) atoms. The molecule has 0 aromatic heterocycles. The molecule has 0 amide bonds. The number of carbonyl (C=O) groups excluding carboxylic acids is 1. The van der Waals surface area contributed by atoms with E-state index in [0.717, 1.165) is 0 Å². The molecule has 0 unspecified atom stereocenters. The largest absolute Gasteiger partial charge is 2.00 e. The Bertz CT molecular complexity index is 45.4. The first-order valence-electron chi connectivity index (χ1n) is 1.47. The fraction of sp³-hybridized carbons (Fsp3) is 0.667. The molecule has 0 rings (SSSR count). The van der Waals surface area contributed by atoms with Gasteiger partial charge >= 0.3 is 37.7 Å². The smallest absolute Gasteiger partial charge is 0.870 e. The number of aliphatic carboxylic acids is 1.